The van der Waals surface area contributed by atoms with Crippen LogP contribution in [0.25, 0.3) is 0 Å². The Morgan fingerprint density at radius 1 is 1.12 bits per heavy atom. The summed E-state index contributed by atoms with van der Waals surface area (Å²) >= 11 is 2.18. The highest BCUT2D eigenvalue weighted by atomic mass is 127. The molecule has 1 atom stereocenters. The molecule has 0 aliphatic rings. The van der Waals surface area contributed by atoms with Crippen molar-refractivity contribution in [2.45, 2.75) is 26.3 Å². The summed E-state index contributed by atoms with van der Waals surface area (Å²) in [7, 11) is -3.61. The van der Waals surface area contributed by atoms with Crippen molar-refractivity contribution >= 4 is 49.9 Å². The van der Waals surface area contributed by atoms with Gasteiger partial charge in [-0.2, -0.15) is 0 Å². The van der Waals surface area contributed by atoms with Gasteiger partial charge in [-0.3, -0.25) is 9.10 Å². The molecule has 0 saturated carbocycles. The van der Waals surface area contributed by atoms with Gasteiger partial charge in [0.15, 0.2) is 0 Å². The largest absolute Gasteiger partial charge is 0.324 e. The van der Waals surface area contributed by atoms with E-state index in [9.17, 15) is 13.2 Å². The average Bonchev–Trinajstić information content (AvgIpc) is 2.54. The zero-order valence-corrected chi connectivity index (χ0v) is 17.3. The monoisotopic (exact) mass is 472 g/mol. The molecule has 0 radical (unpaired) electrons. The number of benzene rings is 2. The zero-order chi connectivity index (χ0) is 18.6. The molecule has 0 spiro atoms. The van der Waals surface area contributed by atoms with E-state index < -0.39 is 16.1 Å². The number of nitrogens with one attached hydrogen (secondary N) is 1. The lowest BCUT2D eigenvalue weighted by Crippen LogP contribution is -2.47. The molecular formula is C18H21IN2O3S. The van der Waals surface area contributed by atoms with Gasteiger partial charge in [-0.05, 0) is 72.3 Å². The van der Waals surface area contributed by atoms with Gasteiger partial charge in [-0.15, -0.1) is 0 Å². The lowest BCUT2D eigenvalue weighted by molar-refractivity contribution is -0.117. The van der Waals surface area contributed by atoms with E-state index in [4.69, 9.17) is 0 Å². The molecule has 7 heteroatoms. The summed E-state index contributed by atoms with van der Waals surface area (Å²) in [6.07, 6.45) is 1.48. The fourth-order valence-corrected chi connectivity index (χ4v) is 4.08. The Bertz CT molecular complexity index is 834. The Morgan fingerprint density at radius 3 is 2.16 bits per heavy atom. The maximum atomic E-state index is 12.7. The fourth-order valence-electron chi connectivity index (χ4n) is 2.51. The van der Waals surface area contributed by atoms with Crippen LogP contribution in [0, 0.1) is 10.5 Å². The van der Waals surface area contributed by atoms with Crippen LogP contribution in [0.1, 0.15) is 18.9 Å². The summed E-state index contributed by atoms with van der Waals surface area (Å²) in [5, 5.41) is 2.81. The van der Waals surface area contributed by atoms with Crippen LogP contribution in [0.3, 0.4) is 0 Å². The van der Waals surface area contributed by atoms with E-state index in [1.165, 1.54) is 4.31 Å². The number of hydrogen-bond donors (Lipinski definition) is 1. The van der Waals surface area contributed by atoms with Crippen molar-refractivity contribution in [1.82, 2.24) is 0 Å². The molecule has 0 aliphatic heterocycles. The third kappa shape index (κ3) is 5.18. The highest BCUT2D eigenvalue weighted by molar-refractivity contribution is 14.1. The molecule has 0 aromatic heterocycles. The van der Waals surface area contributed by atoms with Crippen LogP contribution in [0.15, 0.2) is 48.5 Å². The molecule has 0 bridgehead atoms. The summed E-state index contributed by atoms with van der Waals surface area (Å²) in [4.78, 5) is 12.7. The van der Waals surface area contributed by atoms with Crippen LogP contribution in [0.4, 0.5) is 11.4 Å². The summed E-state index contributed by atoms with van der Waals surface area (Å²) in [5.41, 5.74) is 2.15. The molecule has 0 fully saturated rings. The number of hydrogen-bond acceptors (Lipinski definition) is 3. The van der Waals surface area contributed by atoms with Crippen LogP contribution in [0.5, 0.6) is 0 Å². The van der Waals surface area contributed by atoms with E-state index in [1.54, 1.807) is 31.2 Å². The Labute approximate surface area is 162 Å². The van der Waals surface area contributed by atoms with E-state index >= 15 is 0 Å². The molecule has 1 amide bonds. The molecule has 134 valence electrons. The molecular weight excluding hydrogens is 451 g/mol. The maximum Gasteiger partial charge on any atom is 0.248 e. The first kappa shape index (κ1) is 19.7. The molecule has 0 aliphatic carbocycles. The number of carbonyl (C=O) groups excluding carboxylic acids is 1. The molecule has 0 unspecified atom stereocenters. The van der Waals surface area contributed by atoms with Gasteiger partial charge in [0, 0.05) is 9.26 Å². The van der Waals surface area contributed by atoms with Crippen molar-refractivity contribution < 1.29 is 13.2 Å². The van der Waals surface area contributed by atoms with Crippen molar-refractivity contribution in [3.8, 4) is 0 Å². The van der Waals surface area contributed by atoms with E-state index in [0.717, 1.165) is 15.4 Å². The Hall–Kier alpha value is -1.61. The minimum absolute atomic E-state index is 0.352. The highest BCUT2D eigenvalue weighted by Gasteiger charge is 2.31. The number of nitrogens with zero attached hydrogens (tertiary/aromatic N) is 1. The van der Waals surface area contributed by atoms with Crippen molar-refractivity contribution in [1.29, 1.82) is 0 Å². The average molecular weight is 472 g/mol. The minimum atomic E-state index is -3.61. The normalized spacial score (nSPS) is 12.5. The number of halogens is 1. The number of aryl methyl sites for hydroxylation is 1. The molecule has 2 rings (SSSR count). The summed E-state index contributed by atoms with van der Waals surface area (Å²) in [6, 6.07) is 13.6. The van der Waals surface area contributed by atoms with E-state index in [-0.39, 0.29) is 5.91 Å². The molecule has 2 aromatic rings. The van der Waals surface area contributed by atoms with Gasteiger partial charge in [0.2, 0.25) is 15.9 Å². The second kappa shape index (κ2) is 8.18. The second-order valence-corrected chi connectivity index (χ2v) is 8.92. The van der Waals surface area contributed by atoms with Crippen LogP contribution in [-0.2, 0) is 14.8 Å². The van der Waals surface area contributed by atoms with E-state index in [0.29, 0.717) is 17.8 Å². The molecule has 0 heterocycles. The Morgan fingerprint density at radius 2 is 1.68 bits per heavy atom. The topological polar surface area (TPSA) is 66.5 Å². The van der Waals surface area contributed by atoms with Gasteiger partial charge in [-0.25, -0.2) is 8.42 Å². The van der Waals surface area contributed by atoms with Crippen molar-refractivity contribution in [3.05, 3.63) is 57.7 Å². The van der Waals surface area contributed by atoms with Crippen molar-refractivity contribution in [3.63, 3.8) is 0 Å². The summed E-state index contributed by atoms with van der Waals surface area (Å²) in [5.74, 6) is -0.352. The van der Waals surface area contributed by atoms with Gasteiger partial charge >= 0.3 is 0 Å². The molecule has 0 saturated heterocycles. The molecule has 1 N–H and O–H groups in total. The SMILES string of the molecule is CC[C@@H](C(=O)Nc1ccc(I)cc1)N(c1ccc(C)cc1)S(C)(=O)=O. The predicted octanol–water partition coefficient (Wildman–Crippen LogP) is 3.78. The first-order valence-corrected chi connectivity index (χ1v) is 10.8. The number of amides is 1. The van der Waals surface area contributed by atoms with Gasteiger partial charge in [-0.1, -0.05) is 24.6 Å². The number of anilines is 2. The van der Waals surface area contributed by atoms with Crippen LogP contribution >= 0.6 is 22.6 Å². The number of rotatable bonds is 6. The Kier molecular flexibility index (Phi) is 6.45. The molecule has 2 aromatic carbocycles. The van der Waals surface area contributed by atoms with Gasteiger partial charge in [0.05, 0.1) is 11.9 Å². The van der Waals surface area contributed by atoms with Gasteiger partial charge < -0.3 is 5.32 Å². The summed E-state index contributed by atoms with van der Waals surface area (Å²) in [6.45, 7) is 3.72. The van der Waals surface area contributed by atoms with Crippen LogP contribution in [0.2, 0.25) is 0 Å². The van der Waals surface area contributed by atoms with Gasteiger partial charge in [0.25, 0.3) is 0 Å². The number of sulfonamides is 1. The highest BCUT2D eigenvalue weighted by Crippen LogP contribution is 2.24. The standard InChI is InChI=1S/C18H21IN2O3S/c1-4-17(18(22)20-15-9-7-14(19)8-10-15)21(25(3,23)24)16-11-5-13(2)6-12-16/h5-12,17H,4H2,1-3H3,(H,20,22)/t17-/m0/s1. The van der Waals surface area contributed by atoms with Crippen molar-refractivity contribution in [2.24, 2.45) is 0 Å². The lowest BCUT2D eigenvalue weighted by atomic mass is 10.1. The van der Waals surface area contributed by atoms with Crippen molar-refractivity contribution in [2.75, 3.05) is 15.9 Å². The lowest BCUT2D eigenvalue weighted by Gasteiger charge is -2.30. The third-order valence-electron chi connectivity index (χ3n) is 3.73. The third-order valence-corrected chi connectivity index (χ3v) is 5.63. The predicted molar refractivity (Wildman–Crippen MR) is 110 cm³/mol. The fraction of sp³-hybridized carbons (Fsp3) is 0.278. The maximum absolute atomic E-state index is 12.7. The molecule has 25 heavy (non-hydrogen) atoms. The first-order valence-electron chi connectivity index (χ1n) is 7.85. The van der Waals surface area contributed by atoms with E-state index in [1.807, 2.05) is 31.2 Å². The van der Waals surface area contributed by atoms with E-state index in [2.05, 4.69) is 27.9 Å². The smallest absolute Gasteiger partial charge is 0.248 e. The quantitative estimate of drug-likeness (QED) is 0.651. The minimum Gasteiger partial charge on any atom is -0.324 e. The molecule has 5 nitrogen and oxygen atoms in total. The Balaban J connectivity index is 2.34. The van der Waals surface area contributed by atoms with Crippen LogP contribution < -0.4 is 9.62 Å². The summed E-state index contributed by atoms with van der Waals surface area (Å²) < 4.78 is 27.0. The number of carbonyl (C=O) groups is 1. The second-order valence-electron chi connectivity index (χ2n) is 5.81. The van der Waals surface area contributed by atoms with Crippen LogP contribution in [-0.4, -0.2) is 26.6 Å². The zero-order valence-electron chi connectivity index (χ0n) is 14.4. The first-order chi connectivity index (χ1) is 11.7. The van der Waals surface area contributed by atoms with Gasteiger partial charge in [0.1, 0.15) is 6.04 Å².